The minimum Gasteiger partial charge on any atom is -0.439 e. The van der Waals surface area contributed by atoms with Crippen molar-refractivity contribution < 1.29 is 9.52 Å². The maximum atomic E-state index is 9.05. The van der Waals surface area contributed by atoms with E-state index < -0.39 is 0 Å². The van der Waals surface area contributed by atoms with E-state index in [0.29, 0.717) is 25.0 Å². The summed E-state index contributed by atoms with van der Waals surface area (Å²) in [6.45, 7) is 5.57. The molecule has 1 aromatic heterocycles. The normalized spacial score (nSPS) is 11.4. The van der Waals surface area contributed by atoms with E-state index in [9.17, 15) is 0 Å². The Morgan fingerprint density at radius 3 is 2.63 bits per heavy atom. The number of hydrogen-bond acceptors (Lipinski definition) is 4. The Morgan fingerprint density at radius 2 is 2.00 bits per heavy atom. The van der Waals surface area contributed by atoms with Gasteiger partial charge in [0.1, 0.15) is 0 Å². The summed E-state index contributed by atoms with van der Waals surface area (Å²) < 4.78 is 5.76. The lowest BCUT2D eigenvalue weighted by molar-refractivity contribution is 0.148. The van der Waals surface area contributed by atoms with Gasteiger partial charge in [0.2, 0.25) is 5.89 Å². The largest absolute Gasteiger partial charge is 0.439 e. The molecular weight excluding hydrogens is 240 g/mol. The standard InChI is InChI=1S/C15H20N2O2/c1-12(2)17(8-9-18)11-15-16-10-14(19-15)13-6-4-3-5-7-13/h3-7,10,12,18H,8-9,11H2,1-2H3. The first-order valence-electron chi connectivity index (χ1n) is 6.55. The molecule has 0 saturated heterocycles. The van der Waals surface area contributed by atoms with Crippen molar-refractivity contribution in [2.75, 3.05) is 13.2 Å². The van der Waals surface area contributed by atoms with Gasteiger partial charge in [0, 0.05) is 18.2 Å². The average Bonchev–Trinajstić information content (AvgIpc) is 2.88. The lowest BCUT2D eigenvalue weighted by Crippen LogP contribution is -2.32. The van der Waals surface area contributed by atoms with Gasteiger partial charge in [-0.25, -0.2) is 4.98 Å². The van der Waals surface area contributed by atoms with Crippen LogP contribution < -0.4 is 0 Å². The molecule has 0 atom stereocenters. The summed E-state index contributed by atoms with van der Waals surface area (Å²) in [5.74, 6) is 1.46. The third-order valence-electron chi connectivity index (χ3n) is 3.07. The SMILES string of the molecule is CC(C)N(CCO)Cc1ncc(-c2ccccc2)o1. The molecule has 0 aliphatic carbocycles. The number of benzene rings is 1. The molecule has 102 valence electrons. The van der Waals surface area contributed by atoms with Crippen LogP contribution >= 0.6 is 0 Å². The molecule has 4 nitrogen and oxygen atoms in total. The first-order valence-corrected chi connectivity index (χ1v) is 6.55. The number of aliphatic hydroxyl groups is 1. The number of nitrogens with zero attached hydrogens (tertiary/aromatic N) is 2. The lowest BCUT2D eigenvalue weighted by Gasteiger charge is -2.23. The predicted molar refractivity (Wildman–Crippen MR) is 74.6 cm³/mol. The highest BCUT2D eigenvalue weighted by molar-refractivity contribution is 5.55. The van der Waals surface area contributed by atoms with Crippen molar-refractivity contribution >= 4 is 0 Å². The molecule has 0 aliphatic rings. The van der Waals surface area contributed by atoms with E-state index in [1.54, 1.807) is 6.20 Å². The Hall–Kier alpha value is -1.65. The highest BCUT2D eigenvalue weighted by Gasteiger charge is 2.13. The van der Waals surface area contributed by atoms with Gasteiger partial charge in [-0.15, -0.1) is 0 Å². The van der Waals surface area contributed by atoms with Gasteiger partial charge < -0.3 is 9.52 Å². The minimum absolute atomic E-state index is 0.143. The molecule has 0 radical (unpaired) electrons. The fourth-order valence-corrected chi connectivity index (χ4v) is 1.94. The van der Waals surface area contributed by atoms with E-state index in [1.165, 1.54) is 0 Å². The Bertz CT molecular complexity index is 494. The summed E-state index contributed by atoms with van der Waals surface area (Å²) in [5, 5.41) is 9.05. The van der Waals surface area contributed by atoms with Crippen molar-refractivity contribution in [3.05, 3.63) is 42.4 Å². The predicted octanol–water partition coefficient (Wildman–Crippen LogP) is 2.54. The third kappa shape index (κ3) is 3.66. The lowest BCUT2D eigenvalue weighted by atomic mass is 10.2. The van der Waals surface area contributed by atoms with Crippen LogP contribution in [0.4, 0.5) is 0 Å². The van der Waals surface area contributed by atoms with Crippen LogP contribution in [0.3, 0.4) is 0 Å². The number of aromatic nitrogens is 1. The van der Waals surface area contributed by atoms with E-state index in [1.807, 2.05) is 30.3 Å². The van der Waals surface area contributed by atoms with Gasteiger partial charge in [-0.2, -0.15) is 0 Å². The van der Waals surface area contributed by atoms with Crippen LogP contribution in [-0.2, 0) is 6.54 Å². The van der Waals surface area contributed by atoms with E-state index in [-0.39, 0.29) is 6.61 Å². The number of aliphatic hydroxyl groups excluding tert-OH is 1. The first-order chi connectivity index (χ1) is 9.20. The zero-order chi connectivity index (χ0) is 13.7. The van der Waals surface area contributed by atoms with Gasteiger partial charge in [-0.05, 0) is 13.8 Å². The van der Waals surface area contributed by atoms with Crippen LogP contribution in [0.5, 0.6) is 0 Å². The molecule has 0 unspecified atom stereocenters. The van der Waals surface area contributed by atoms with Gasteiger partial charge in [-0.3, -0.25) is 4.90 Å². The fourth-order valence-electron chi connectivity index (χ4n) is 1.94. The molecule has 1 aromatic carbocycles. The Labute approximate surface area is 113 Å². The molecule has 0 fully saturated rings. The van der Waals surface area contributed by atoms with Crippen molar-refractivity contribution in [3.63, 3.8) is 0 Å². The maximum Gasteiger partial charge on any atom is 0.209 e. The monoisotopic (exact) mass is 260 g/mol. The van der Waals surface area contributed by atoms with Crippen LogP contribution in [-0.4, -0.2) is 34.2 Å². The summed E-state index contributed by atoms with van der Waals surface area (Å²) in [6.07, 6.45) is 1.75. The average molecular weight is 260 g/mol. The van der Waals surface area contributed by atoms with Crippen LogP contribution in [0.1, 0.15) is 19.7 Å². The van der Waals surface area contributed by atoms with Crippen molar-refractivity contribution in [1.82, 2.24) is 9.88 Å². The highest BCUT2D eigenvalue weighted by atomic mass is 16.4. The first kappa shape index (κ1) is 13.8. The van der Waals surface area contributed by atoms with Gasteiger partial charge >= 0.3 is 0 Å². The van der Waals surface area contributed by atoms with Crippen molar-refractivity contribution in [2.45, 2.75) is 26.4 Å². The quantitative estimate of drug-likeness (QED) is 0.867. The summed E-state index contributed by atoms with van der Waals surface area (Å²) in [5.41, 5.74) is 1.03. The molecule has 0 saturated carbocycles. The molecule has 0 amide bonds. The van der Waals surface area contributed by atoms with Crippen molar-refractivity contribution in [3.8, 4) is 11.3 Å². The molecular formula is C15H20N2O2. The summed E-state index contributed by atoms with van der Waals surface area (Å²) in [6, 6.07) is 10.3. The number of hydrogen-bond donors (Lipinski definition) is 1. The van der Waals surface area contributed by atoms with Crippen molar-refractivity contribution in [1.29, 1.82) is 0 Å². The molecule has 2 aromatic rings. The second-order valence-electron chi connectivity index (χ2n) is 4.77. The minimum atomic E-state index is 0.143. The van der Waals surface area contributed by atoms with E-state index in [2.05, 4.69) is 23.7 Å². The Morgan fingerprint density at radius 1 is 1.26 bits per heavy atom. The molecule has 4 heteroatoms. The zero-order valence-corrected chi connectivity index (χ0v) is 11.4. The molecule has 1 heterocycles. The second kappa shape index (κ2) is 6.50. The molecule has 1 N–H and O–H groups in total. The second-order valence-corrected chi connectivity index (χ2v) is 4.77. The van der Waals surface area contributed by atoms with E-state index in [0.717, 1.165) is 11.3 Å². The summed E-state index contributed by atoms with van der Waals surface area (Å²) >= 11 is 0. The maximum absolute atomic E-state index is 9.05. The molecule has 19 heavy (non-hydrogen) atoms. The topological polar surface area (TPSA) is 49.5 Å². The number of oxazole rings is 1. The highest BCUT2D eigenvalue weighted by Crippen LogP contribution is 2.20. The van der Waals surface area contributed by atoms with Gasteiger partial charge in [0.25, 0.3) is 0 Å². The molecule has 0 bridgehead atoms. The van der Waals surface area contributed by atoms with Crippen LogP contribution in [0.15, 0.2) is 40.9 Å². The zero-order valence-electron chi connectivity index (χ0n) is 11.4. The van der Waals surface area contributed by atoms with Crippen LogP contribution in [0.2, 0.25) is 0 Å². The molecule has 0 aliphatic heterocycles. The third-order valence-corrected chi connectivity index (χ3v) is 3.07. The van der Waals surface area contributed by atoms with Crippen LogP contribution in [0.25, 0.3) is 11.3 Å². The fraction of sp³-hybridized carbons (Fsp3) is 0.400. The Kier molecular flexibility index (Phi) is 4.71. The molecule has 0 spiro atoms. The summed E-state index contributed by atoms with van der Waals surface area (Å²) in [7, 11) is 0. The molecule has 2 rings (SSSR count). The van der Waals surface area contributed by atoms with E-state index >= 15 is 0 Å². The van der Waals surface area contributed by atoms with Gasteiger partial charge in [0.15, 0.2) is 5.76 Å². The summed E-state index contributed by atoms with van der Waals surface area (Å²) in [4.78, 5) is 6.43. The van der Waals surface area contributed by atoms with Gasteiger partial charge in [-0.1, -0.05) is 30.3 Å². The smallest absolute Gasteiger partial charge is 0.209 e. The van der Waals surface area contributed by atoms with Gasteiger partial charge in [0.05, 0.1) is 19.3 Å². The Balaban J connectivity index is 2.09. The van der Waals surface area contributed by atoms with Crippen LogP contribution in [0, 0.1) is 0 Å². The number of rotatable bonds is 6. The van der Waals surface area contributed by atoms with Crippen molar-refractivity contribution in [2.24, 2.45) is 0 Å². The van der Waals surface area contributed by atoms with E-state index in [4.69, 9.17) is 9.52 Å².